The maximum Gasteiger partial charge on any atom is 0.163 e. The molecular weight excluding hydrogens is 287 g/mol. The summed E-state index contributed by atoms with van der Waals surface area (Å²) < 4.78 is 25.0. The molecule has 1 saturated heterocycles. The summed E-state index contributed by atoms with van der Waals surface area (Å²) in [6, 6.07) is 3.04. The number of nitrogens with zero attached hydrogens (tertiary/aromatic N) is 1. The van der Waals surface area contributed by atoms with E-state index in [1.54, 1.807) is 13.2 Å². The molecule has 2 N–H and O–H groups in total. The van der Waals surface area contributed by atoms with E-state index in [9.17, 15) is 4.39 Å². The molecule has 0 aromatic heterocycles. The molecule has 2 rings (SSSR count). The average molecular weight is 312 g/mol. The maximum atomic E-state index is 14.5. The summed E-state index contributed by atoms with van der Waals surface area (Å²) in [5.41, 5.74) is 0.605. The molecule has 0 unspecified atom stereocenters. The molecule has 0 bridgehead atoms. The van der Waals surface area contributed by atoms with Crippen molar-refractivity contribution in [3.05, 3.63) is 23.5 Å². The Morgan fingerprint density at radius 1 is 1.23 bits per heavy atom. The van der Waals surface area contributed by atoms with Crippen LogP contribution in [-0.4, -0.2) is 57.0 Å². The van der Waals surface area contributed by atoms with Crippen molar-refractivity contribution in [2.24, 2.45) is 0 Å². The first-order valence-corrected chi connectivity index (χ1v) is 7.68. The lowest BCUT2D eigenvalue weighted by atomic mass is 9.98. The number of aliphatic hydroxyl groups excluding tert-OH is 1. The molecule has 6 heteroatoms. The normalized spacial score (nSPS) is 17.3. The molecule has 0 aliphatic carbocycles. The van der Waals surface area contributed by atoms with Crippen molar-refractivity contribution in [2.75, 3.05) is 47.0 Å². The predicted molar refractivity (Wildman–Crippen MR) is 83.0 cm³/mol. The molecule has 0 radical (unpaired) electrons. The highest BCUT2D eigenvalue weighted by Gasteiger charge is 2.26. The number of hydrogen-bond acceptors (Lipinski definition) is 5. The molecule has 1 aromatic carbocycles. The van der Waals surface area contributed by atoms with Gasteiger partial charge in [0.25, 0.3) is 0 Å². The number of nitrogens with one attached hydrogen (secondary N) is 1. The predicted octanol–water partition coefficient (Wildman–Crippen LogP) is 1.56. The lowest BCUT2D eigenvalue weighted by molar-refractivity contribution is 0.151. The molecule has 1 heterocycles. The van der Waals surface area contributed by atoms with E-state index in [0.717, 1.165) is 26.2 Å². The van der Waals surface area contributed by atoms with Crippen LogP contribution in [0.25, 0.3) is 0 Å². The molecule has 1 atom stereocenters. The third kappa shape index (κ3) is 3.88. The molecule has 1 fully saturated rings. The van der Waals surface area contributed by atoms with Crippen molar-refractivity contribution in [2.45, 2.75) is 18.9 Å². The Morgan fingerprint density at radius 3 is 2.45 bits per heavy atom. The molecule has 0 amide bonds. The van der Waals surface area contributed by atoms with Gasteiger partial charge in [-0.1, -0.05) is 0 Å². The van der Waals surface area contributed by atoms with E-state index in [1.807, 2.05) is 0 Å². The fourth-order valence-electron chi connectivity index (χ4n) is 2.94. The molecular formula is C16H25FN2O3. The number of piperazine rings is 1. The third-order valence-electron chi connectivity index (χ3n) is 4.09. The van der Waals surface area contributed by atoms with Crippen molar-refractivity contribution in [3.63, 3.8) is 0 Å². The number of aliphatic hydroxyl groups is 1. The molecule has 0 saturated carbocycles. The summed E-state index contributed by atoms with van der Waals surface area (Å²) in [4.78, 5) is 2.26. The van der Waals surface area contributed by atoms with E-state index in [2.05, 4.69) is 10.2 Å². The summed E-state index contributed by atoms with van der Waals surface area (Å²) in [6.07, 6.45) is 1.35. The van der Waals surface area contributed by atoms with Gasteiger partial charge in [-0.3, -0.25) is 4.90 Å². The number of rotatable bonds is 7. The molecule has 0 spiro atoms. The molecule has 1 aliphatic heterocycles. The van der Waals surface area contributed by atoms with Gasteiger partial charge in [-0.25, -0.2) is 4.39 Å². The van der Waals surface area contributed by atoms with Gasteiger partial charge in [-0.2, -0.15) is 0 Å². The molecule has 1 aromatic rings. The van der Waals surface area contributed by atoms with Gasteiger partial charge in [0.1, 0.15) is 5.82 Å². The van der Waals surface area contributed by atoms with Crippen molar-refractivity contribution in [1.82, 2.24) is 10.2 Å². The monoisotopic (exact) mass is 312 g/mol. The number of ether oxygens (including phenoxy) is 2. The van der Waals surface area contributed by atoms with Crippen LogP contribution in [0.5, 0.6) is 11.5 Å². The zero-order chi connectivity index (χ0) is 15.9. The minimum atomic E-state index is -0.292. The molecule has 5 nitrogen and oxygen atoms in total. The van der Waals surface area contributed by atoms with E-state index in [4.69, 9.17) is 14.6 Å². The summed E-state index contributed by atoms with van der Waals surface area (Å²) >= 11 is 0. The highest BCUT2D eigenvalue weighted by Crippen LogP contribution is 2.36. The van der Waals surface area contributed by atoms with E-state index >= 15 is 0 Å². The third-order valence-corrected chi connectivity index (χ3v) is 4.09. The number of benzene rings is 1. The van der Waals surface area contributed by atoms with Crippen molar-refractivity contribution >= 4 is 0 Å². The lowest BCUT2D eigenvalue weighted by Gasteiger charge is -2.35. The minimum Gasteiger partial charge on any atom is -0.493 e. The first-order chi connectivity index (χ1) is 10.7. The SMILES string of the molecule is COc1cc(F)c([C@H](CCCO)N2CCNCC2)cc1OC. The number of hydrogen-bond donors (Lipinski definition) is 2. The van der Waals surface area contributed by atoms with Gasteiger partial charge < -0.3 is 19.9 Å². The first kappa shape index (κ1) is 17.0. The summed E-state index contributed by atoms with van der Waals surface area (Å²) in [5, 5.41) is 12.4. The van der Waals surface area contributed by atoms with Crippen LogP contribution in [-0.2, 0) is 0 Å². The number of methoxy groups -OCH3 is 2. The second-order valence-corrected chi connectivity index (χ2v) is 5.40. The quantitative estimate of drug-likeness (QED) is 0.800. The van der Waals surface area contributed by atoms with Crippen LogP contribution < -0.4 is 14.8 Å². The van der Waals surface area contributed by atoms with Gasteiger partial charge in [0, 0.05) is 50.5 Å². The zero-order valence-electron chi connectivity index (χ0n) is 13.3. The van der Waals surface area contributed by atoms with E-state index in [0.29, 0.717) is 29.9 Å². The standard InChI is InChI=1S/C16H25FN2O3/c1-21-15-10-12(13(17)11-16(15)22-2)14(4-3-9-20)19-7-5-18-6-8-19/h10-11,14,18,20H,3-9H2,1-2H3/t14-/m0/s1. The Balaban J connectivity index is 2.32. The van der Waals surface area contributed by atoms with E-state index < -0.39 is 0 Å². The lowest BCUT2D eigenvalue weighted by Crippen LogP contribution is -2.45. The largest absolute Gasteiger partial charge is 0.493 e. The highest BCUT2D eigenvalue weighted by atomic mass is 19.1. The minimum absolute atomic E-state index is 0.0611. The fourth-order valence-corrected chi connectivity index (χ4v) is 2.94. The van der Waals surface area contributed by atoms with E-state index in [1.165, 1.54) is 13.2 Å². The van der Waals surface area contributed by atoms with Crippen LogP contribution in [0.2, 0.25) is 0 Å². The smallest absolute Gasteiger partial charge is 0.163 e. The Kier molecular flexibility index (Phi) is 6.42. The van der Waals surface area contributed by atoms with Crippen LogP contribution in [0.1, 0.15) is 24.4 Å². The highest BCUT2D eigenvalue weighted by molar-refractivity contribution is 5.44. The average Bonchev–Trinajstić information content (AvgIpc) is 2.57. The van der Waals surface area contributed by atoms with Crippen LogP contribution >= 0.6 is 0 Å². The Bertz CT molecular complexity index is 479. The van der Waals surface area contributed by atoms with Gasteiger partial charge in [0.15, 0.2) is 11.5 Å². The number of halogens is 1. The topological polar surface area (TPSA) is 54.0 Å². The van der Waals surface area contributed by atoms with Crippen molar-refractivity contribution in [3.8, 4) is 11.5 Å². The van der Waals surface area contributed by atoms with Crippen LogP contribution in [0.3, 0.4) is 0 Å². The van der Waals surface area contributed by atoms with Crippen LogP contribution in [0.4, 0.5) is 4.39 Å². The summed E-state index contributed by atoms with van der Waals surface area (Å²) in [5.74, 6) is 0.632. The van der Waals surface area contributed by atoms with Crippen LogP contribution in [0.15, 0.2) is 12.1 Å². The summed E-state index contributed by atoms with van der Waals surface area (Å²) in [6.45, 7) is 3.63. The van der Waals surface area contributed by atoms with E-state index in [-0.39, 0.29) is 18.5 Å². The Labute approximate surface area is 131 Å². The second-order valence-electron chi connectivity index (χ2n) is 5.40. The Hall–Kier alpha value is -1.37. The van der Waals surface area contributed by atoms with Crippen LogP contribution in [0, 0.1) is 5.82 Å². The molecule has 124 valence electrons. The van der Waals surface area contributed by atoms with Crippen molar-refractivity contribution < 1.29 is 19.0 Å². The van der Waals surface area contributed by atoms with Gasteiger partial charge >= 0.3 is 0 Å². The molecule has 22 heavy (non-hydrogen) atoms. The van der Waals surface area contributed by atoms with Gasteiger partial charge in [-0.15, -0.1) is 0 Å². The zero-order valence-corrected chi connectivity index (χ0v) is 13.3. The second kappa shape index (κ2) is 8.31. The van der Waals surface area contributed by atoms with Gasteiger partial charge in [0.2, 0.25) is 0 Å². The first-order valence-electron chi connectivity index (χ1n) is 7.68. The Morgan fingerprint density at radius 2 is 1.86 bits per heavy atom. The van der Waals surface area contributed by atoms with Gasteiger partial charge in [-0.05, 0) is 18.9 Å². The van der Waals surface area contributed by atoms with Crippen molar-refractivity contribution in [1.29, 1.82) is 0 Å². The van der Waals surface area contributed by atoms with Gasteiger partial charge in [0.05, 0.1) is 14.2 Å². The fraction of sp³-hybridized carbons (Fsp3) is 0.625. The summed E-state index contributed by atoms with van der Waals surface area (Å²) in [7, 11) is 3.05. The maximum absolute atomic E-state index is 14.5. The molecule has 1 aliphatic rings.